The van der Waals surface area contributed by atoms with Gasteiger partial charge in [-0.15, -0.1) is 0 Å². The topological polar surface area (TPSA) is 110 Å². The van der Waals surface area contributed by atoms with Crippen LogP contribution in [0.2, 0.25) is 0 Å². The highest BCUT2D eigenvalue weighted by Gasteiger charge is 2.24. The van der Waals surface area contributed by atoms with Crippen molar-refractivity contribution in [2.24, 2.45) is 0 Å². The third-order valence-corrected chi connectivity index (χ3v) is 6.00. The van der Waals surface area contributed by atoms with Gasteiger partial charge in [-0.25, -0.2) is 17.6 Å². The molecule has 156 valence electrons. The number of ether oxygens (including phenoxy) is 1. The highest BCUT2D eigenvalue weighted by Crippen LogP contribution is 2.23. The molecule has 0 spiro atoms. The van der Waals surface area contributed by atoms with Crippen LogP contribution in [0.25, 0.3) is 0 Å². The van der Waals surface area contributed by atoms with Crippen molar-refractivity contribution in [2.75, 3.05) is 7.05 Å². The summed E-state index contributed by atoms with van der Waals surface area (Å²) in [4.78, 5) is 19.3. The number of sulfonamides is 1. The second kappa shape index (κ2) is 8.97. The van der Waals surface area contributed by atoms with E-state index in [9.17, 15) is 22.7 Å². The molecular weight excluding hydrogens is 413 g/mol. The molecular formula is C20H18FN3O5S. The van der Waals surface area contributed by atoms with Crippen LogP contribution in [0.5, 0.6) is 5.75 Å². The molecule has 0 aliphatic heterocycles. The summed E-state index contributed by atoms with van der Waals surface area (Å²) in [7, 11) is -2.37. The molecule has 1 heterocycles. The minimum Gasteiger partial charge on any atom is -0.478 e. The molecule has 1 N–H and O–H groups in total. The van der Waals surface area contributed by atoms with Gasteiger partial charge in [0, 0.05) is 26.0 Å². The Morgan fingerprint density at radius 2 is 1.80 bits per heavy atom. The van der Waals surface area contributed by atoms with E-state index >= 15 is 0 Å². The number of nitrogens with zero attached hydrogens (tertiary/aromatic N) is 3. The van der Waals surface area contributed by atoms with Gasteiger partial charge in [0.15, 0.2) is 0 Å². The Kier molecular flexibility index (Phi) is 6.38. The predicted molar refractivity (Wildman–Crippen MR) is 105 cm³/mol. The van der Waals surface area contributed by atoms with Crippen LogP contribution in [0.1, 0.15) is 17.4 Å². The van der Waals surface area contributed by atoms with Gasteiger partial charge in [-0.2, -0.15) is 4.31 Å². The fraction of sp³-hybridized carbons (Fsp3) is 0.150. The standard InChI is InChI=1S/C20H18FN3O5S/c1-24(30(27,28)17-8-4-15(21)5-9-17)13-14-2-6-16(7-3-14)29-19(20(25)26)18-12-22-10-11-23-18/h2-12,19H,13H2,1H3,(H,25,26). The normalized spacial score (nSPS) is 12.5. The predicted octanol–water partition coefficient (Wildman–Crippen LogP) is 2.64. The lowest BCUT2D eigenvalue weighted by Gasteiger charge is -2.18. The Morgan fingerprint density at radius 3 is 2.37 bits per heavy atom. The number of hydrogen-bond donors (Lipinski definition) is 1. The van der Waals surface area contributed by atoms with Gasteiger partial charge >= 0.3 is 5.97 Å². The fourth-order valence-corrected chi connectivity index (χ4v) is 3.78. The summed E-state index contributed by atoms with van der Waals surface area (Å²) in [5.74, 6) is -1.46. The zero-order valence-electron chi connectivity index (χ0n) is 15.8. The molecule has 0 amide bonds. The number of hydrogen-bond acceptors (Lipinski definition) is 6. The van der Waals surface area contributed by atoms with E-state index in [1.54, 1.807) is 24.3 Å². The first-order valence-electron chi connectivity index (χ1n) is 8.73. The van der Waals surface area contributed by atoms with E-state index in [1.807, 2.05) is 0 Å². The van der Waals surface area contributed by atoms with Crippen molar-refractivity contribution in [3.05, 3.63) is 84.2 Å². The van der Waals surface area contributed by atoms with Crippen molar-refractivity contribution in [1.82, 2.24) is 14.3 Å². The first-order chi connectivity index (χ1) is 14.3. The van der Waals surface area contributed by atoms with Gasteiger partial charge in [0.1, 0.15) is 17.3 Å². The second-order valence-electron chi connectivity index (χ2n) is 6.33. The molecule has 3 aromatic rings. The lowest BCUT2D eigenvalue weighted by molar-refractivity contribution is -0.145. The molecule has 0 saturated heterocycles. The van der Waals surface area contributed by atoms with Crippen LogP contribution in [0.3, 0.4) is 0 Å². The molecule has 1 aromatic heterocycles. The number of aromatic nitrogens is 2. The summed E-state index contributed by atoms with van der Waals surface area (Å²) in [6.45, 7) is 0.0620. The smallest absolute Gasteiger partial charge is 0.351 e. The molecule has 0 radical (unpaired) electrons. The van der Waals surface area contributed by atoms with Crippen LogP contribution in [0.15, 0.2) is 72.0 Å². The maximum Gasteiger partial charge on any atom is 0.351 e. The summed E-state index contributed by atoms with van der Waals surface area (Å²) >= 11 is 0. The average molecular weight is 431 g/mol. The molecule has 2 aromatic carbocycles. The molecule has 0 fully saturated rings. The van der Waals surface area contributed by atoms with Crippen LogP contribution in [-0.2, 0) is 21.4 Å². The van der Waals surface area contributed by atoms with Crippen molar-refractivity contribution in [2.45, 2.75) is 17.5 Å². The summed E-state index contributed by atoms with van der Waals surface area (Å²) < 4.78 is 44.9. The highest BCUT2D eigenvalue weighted by molar-refractivity contribution is 7.89. The summed E-state index contributed by atoms with van der Waals surface area (Å²) in [5.41, 5.74) is 0.807. The molecule has 3 rings (SSSR count). The van der Waals surface area contributed by atoms with E-state index in [4.69, 9.17) is 4.74 Å². The Labute approximate surface area is 172 Å². The van der Waals surface area contributed by atoms with E-state index < -0.39 is 27.9 Å². The van der Waals surface area contributed by atoms with E-state index in [-0.39, 0.29) is 22.9 Å². The number of aliphatic carboxylic acids is 1. The summed E-state index contributed by atoms with van der Waals surface area (Å²) in [6.07, 6.45) is 2.77. The molecule has 0 aliphatic carbocycles. The van der Waals surface area contributed by atoms with Gasteiger partial charge in [0.25, 0.3) is 0 Å². The van der Waals surface area contributed by atoms with Crippen molar-refractivity contribution in [1.29, 1.82) is 0 Å². The third-order valence-electron chi connectivity index (χ3n) is 4.18. The maximum absolute atomic E-state index is 13.0. The zero-order valence-corrected chi connectivity index (χ0v) is 16.7. The Bertz CT molecular complexity index is 1110. The molecule has 8 nitrogen and oxygen atoms in total. The van der Waals surface area contributed by atoms with Gasteiger partial charge in [-0.05, 0) is 42.0 Å². The largest absolute Gasteiger partial charge is 0.478 e. The summed E-state index contributed by atoms with van der Waals surface area (Å²) in [6, 6.07) is 10.9. The van der Waals surface area contributed by atoms with Crippen LogP contribution >= 0.6 is 0 Å². The number of benzene rings is 2. The molecule has 0 saturated carbocycles. The lowest BCUT2D eigenvalue weighted by atomic mass is 10.2. The van der Waals surface area contributed by atoms with E-state index in [1.165, 1.54) is 37.8 Å². The van der Waals surface area contributed by atoms with E-state index in [0.29, 0.717) is 5.56 Å². The molecule has 1 unspecified atom stereocenters. The number of halogens is 1. The van der Waals surface area contributed by atoms with E-state index in [0.717, 1.165) is 16.4 Å². The van der Waals surface area contributed by atoms with Crippen molar-refractivity contribution in [3.8, 4) is 5.75 Å². The second-order valence-corrected chi connectivity index (χ2v) is 8.37. The fourth-order valence-electron chi connectivity index (χ4n) is 2.62. The minimum absolute atomic E-state index is 0.0142. The van der Waals surface area contributed by atoms with Gasteiger partial charge in [-0.1, -0.05) is 12.1 Å². The van der Waals surface area contributed by atoms with Gasteiger partial charge < -0.3 is 9.84 Å². The SMILES string of the molecule is CN(Cc1ccc(OC(C(=O)O)c2cnccn2)cc1)S(=O)(=O)c1ccc(F)cc1. The maximum atomic E-state index is 13.0. The minimum atomic E-state index is -3.79. The third kappa shape index (κ3) is 4.97. The number of carbonyl (C=O) groups is 1. The van der Waals surface area contributed by atoms with Crippen LogP contribution in [-0.4, -0.2) is 40.8 Å². The van der Waals surface area contributed by atoms with E-state index in [2.05, 4.69) is 9.97 Å². The average Bonchev–Trinajstić information content (AvgIpc) is 2.74. The van der Waals surface area contributed by atoms with Gasteiger partial charge in [0.2, 0.25) is 16.1 Å². The van der Waals surface area contributed by atoms with Crippen LogP contribution in [0.4, 0.5) is 4.39 Å². The Hall–Kier alpha value is -3.37. The number of rotatable bonds is 8. The van der Waals surface area contributed by atoms with Crippen LogP contribution < -0.4 is 4.74 Å². The molecule has 0 aliphatic rings. The number of carboxylic acid groups (broad SMARTS) is 1. The first kappa shape index (κ1) is 21.3. The van der Waals surface area contributed by atoms with Crippen LogP contribution in [0, 0.1) is 5.82 Å². The van der Waals surface area contributed by atoms with Crippen molar-refractivity contribution < 1.29 is 27.4 Å². The quantitative estimate of drug-likeness (QED) is 0.584. The summed E-state index contributed by atoms with van der Waals surface area (Å²) in [5, 5.41) is 9.39. The van der Waals surface area contributed by atoms with Crippen molar-refractivity contribution in [3.63, 3.8) is 0 Å². The van der Waals surface area contributed by atoms with Gasteiger partial charge in [-0.3, -0.25) is 9.97 Å². The van der Waals surface area contributed by atoms with Crippen molar-refractivity contribution >= 4 is 16.0 Å². The lowest BCUT2D eigenvalue weighted by Crippen LogP contribution is -2.26. The van der Waals surface area contributed by atoms with Gasteiger partial charge in [0.05, 0.1) is 11.1 Å². The highest BCUT2D eigenvalue weighted by atomic mass is 32.2. The molecule has 10 heteroatoms. The molecule has 1 atom stereocenters. The first-order valence-corrected chi connectivity index (χ1v) is 10.2. The Balaban J connectivity index is 1.71. The zero-order chi connectivity index (χ0) is 21.7. The Morgan fingerprint density at radius 1 is 1.13 bits per heavy atom. The number of carboxylic acids is 1. The molecule has 30 heavy (non-hydrogen) atoms. The molecule has 0 bridgehead atoms. The monoisotopic (exact) mass is 431 g/mol.